The maximum atomic E-state index is 13.5. The number of halogens is 6. The molecule has 0 saturated heterocycles. The van der Waals surface area contributed by atoms with Gasteiger partial charge in [0.1, 0.15) is 0 Å². The second-order valence-corrected chi connectivity index (χ2v) is 5.16. The molecule has 19 heavy (non-hydrogen) atoms. The summed E-state index contributed by atoms with van der Waals surface area (Å²) in [6.45, 7) is 0. The van der Waals surface area contributed by atoms with Crippen LogP contribution in [0.5, 0.6) is 11.5 Å². The fourth-order valence-electron chi connectivity index (χ4n) is 1.29. The minimum Gasteiger partial charge on any atom is -0.451 e. The Bertz CT molecular complexity index is 591. The Kier molecular flexibility index (Phi) is 4.15. The van der Waals surface area contributed by atoms with E-state index < -0.39 is 34.8 Å². The molecule has 2 aromatic carbocycles. The van der Waals surface area contributed by atoms with Gasteiger partial charge in [0.2, 0.25) is 11.6 Å². The SMILES string of the molecule is Fc1c(Br)ccc(Oc2ccc(Br)c(F)c2F)c1F. The number of ether oxygens (including phenoxy) is 1. The molecule has 0 heterocycles. The molecule has 2 rings (SSSR count). The van der Waals surface area contributed by atoms with Crippen molar-refractivity contribution in [3.8, 4) is 11.5 Å². The first-order valence-corrected chi connectivity index (χ1v) is 6.45. The molecule has 2 aromatic rings. The van der Waals surface area contributed by atoms with Crippen molar-refractivity contribution in [2.45, 2.75) is 0 Å². The second kappa shape index (κ2) is 5.50. The van der Waals surface area contributed by atoms with Crippen molar-refractivity contribution in [2.75, 3.05) is 0 Å². The van der Waals surface area contributed by atoms with Gasteiger partial charge in [-0.1, -0.05) is 0 Å². The van der Waals surface area contributed by atoms with Crippen LogP contribution in [-0.2, 0) is 0 Å². The van der Waals surface area contributed by atoms with Crippen molar-refractivity contribution >= 4 is 31.9 Å². The number of rotatable bonds is 2. The molecule has 0 aromatic heterocycles. The number of benzene rings is 2. The highest BCUT2D eigenvalue weighted by molar-refractivity contribution is 9.10. The molecule has 0 radical (unpaired) electrons. The molecule has 0 atom stereocenters. The first-order chi connectivity index (χ1) is 8.91. The van der Waals surface area contributed by atoms with Gasteiger partial charge in [-0.25, -0.2) is 8.78 Å². The smallest absolute Gasteiger partial charge is 0.202 e. The van der Waals surface area contributed by atoms with Crippen molar-refractivity contribution in [2.24, 2.45) is 0 Å². The zero-order chi connectivity index (χ0) is 14.2. The zero-order valence-corrected chi connectivity index (χ0v) is 12.2. The van der Waals surface area contributed by atoms with Gasteiger partial charge in [0.15, 0.2) is 23.1 Å². The van der Waals surface area contributed by atoms with Crippen molar-refractivity contribution in [1.29, 1.82) is 0 Å². The monoisotopic (exact) mass is 398 g/mol. The topological polar surface area (TPSA) is 9.23 Å². The Morgan fingerprint density at radius 1 is 0.632 bits per heavy atom. The summed E-state index contributed by atoms with van der Waals surface area (Å²) >= 11 is 5.58. The van der Waals surface area contributed by atoms with E-state index in [2.05, 4.69) is 31.9 Å². The minimum atomic E-state index is -1.29. The molecular weight excluding hydrogens is 396 g/mol. The van der Waals surface area contributed by atoms with E-state index in [9.17, 15) is 17.6 Å². The molecule has 0 N–H and O–H groups in total. The van der Waals surface area contributed by atoms with E-state index in [-0.39, 0.29) is 8.95 Å². The predicted octanol–water partition coefficient (Wildman–Crippen LogP) is 5.56. The molecule has 0 aliphatic rings. The van der Waals surface area contributed by atoms with Crippen molar-refractivity contribution in [1.82, 2.24) is 0 Å². The van der Waals surface area contributed by atoms with Crippen LogP contribution in [0.4, 0.5) is 17.6 Å². The van der Waals surface area contributed by atoms with Gasteiger partial charge in [-0.3, -0.25) is 0 Å². The van der Waals surface area contributed by atoms with Gasteiger partial charge in [0.05, 0.1) is 8.95 Å². The van der Waals surface area contributed by atoms with Crippen molar-refractivity contribution in [3.05, 3.63) is 56.5 Å². The maximum absolute atomic E-state index is 13.5. The van der Waals surface area contributed by atoms with Gasteiger partial charge >= 0.3 is 0 Å². The van der Waals surface area contributed by atoms with Gasteiger partial charge < -0.3 is 4.74 Å². The fraction of sp³-hybridized carbons (Fsp3) is 0. The first kappa shape index (κ1) is 14.3. The van der Waals surface area contributed by atoms with Crippen LogP contribution in [0, 0.1) is 23.3 Å². The summed E-state index contributed by atoms with van der Waals surface area (Å²) in [5.41, 5.74) is 0. The Hall–Kier alpha value is -1.08. The lowest BCUT2D eigenvalue weighted by Gasteiger charge is -2.09. The van der Waals surface area contributed by atoms with Crippen LogP contribution in [0.2, 0.25) is 0 Å². The third-order valence-corrected chi connectivity index (χ3v) is 3.44. The van der Waals surface area contributed by atoms with Crippen LogP contribution in [0.15, 0.2) is 33.2 Å². The molecule has 0 fully saturated rings. The van der Waals surface area contributed by atoms with Crippen molar-refractivity contribution in [3.63, 3.8) is 0 Å². The summed E-state index contributed by atoms with van der Waals surface area (Å²) in [4.78, 5) is 0. The molecule has 0 unspecified atom stereocenters. The lowest BCUT2D eigenvalue weighted by molar-refractivity contribution is 0.383. The highest BCUT2D eigenvalue weighted by atomic mass is 79.9. The van der Waals surface area contributed by atoms with E-state index in [1.165, 1.54) is 12.1 Å². The van der Waals surface area contributed by atoms with Crippen LogP contribution in [-0.4, -0.2) is 0 Å². The summed E-state index contributed by atoms with van der Waals surface area (Å²) in [5, 5.41) is 0. The molecule has 0 aliphatic carbocycles. The van der Waals surface area contributed by atoms with Gasteiger partial charge in [0.25, 0.3) is 0 Å². The average molecular weight is 400 g/mol. The summed E-state index contributed by atoms with van der Waals surface area (Å²) in [7, 11) is 0. The van der Waals surface area contributed by atoms with Crippen molar-refractivity contribution < 1.29 is 22.3 Å². The largest absolute Gasteiger partial charge is 0.451 e. The summed E-state index contributed by atoms with van der Waals surface area (Å²) < 4.78 is 58.2. The van der Waals surface area contributed by atoms with Gasteiger partial charge in [-0.15, -0.1) is 0 Å². The predicted molar refractivity (Wildman–Crippen MR) is 68.2 cm³/mol. The van der Waals surface area contributed by atoms with E-state index in [1.807, 2.05) is 0 Å². The van der Waals surface area contributed by atoms with E-state index in [1.54, 1.807) is 0 Å². The molecule has 0 amide bonds. The quantitative estimate of drug-likeness (QED) is 0.474. The Morgan fingerprint density at radius 3 is 1.37 bits per heavy atom. The fourth-order valence-corrected chi connectivity index (χ4v) is 1.90. The van der Waals surface area contributed by atoms with Crippen LogP contribution in [0.1, 0.15) is 0 Å². The minimum absolute atomic E-state index is 0.0974. The highest BCUT2D eigenvalue weighted by Gasteiger charge is 2.18. The molecule has 0 bridgehead atoms. The highest BCUT2D eigenvalue weighted by Crippen LogP contribution is 2.33. The van der Waals surface area contributed by atoms with Gasteiger partial charge in [-0.2, -0.15) is 8.78 Å². The van der Waals surface area contributed by atoms with Crippen LogP contribution in [0.25, 0.3) is 0 Å². The van der Waals surface area contributed by atoms with Gasteiger partial charge in [0, 0.05) is 0 Å². The van der Waals surface area contributed by atoms with E-state index in [4.69, 9.17) is 4.74 Å². The molecule has 7 heteroatoms. The second-order valence-electron chi connectivity index (χ2n) is 3.45. The third-order valence-electron chi connectivity index (χ3n) is 2.22. The standard InChI is InChI=1S/C12H4Br2F4O/c13-5-1-3-7(11(17)9(5)15)19-8-4-2-6(14)10(16)12(8)18/h1-4H. The summed E-state index contributed by atoms with van der Waals surface area (Å²) in [5.74, 6) is -6.01. The molecule has 100 valence electrons. The normalized spacial score (nSPS) is 10.6. The van der Waals surface area contributed by atoms with E-state index in [0.717, 1.165) is 12.1 Å². The third kappa shape index (κ3) is 2.76. The molecule has 0 aliphatic heterocycles. The van der Waals surface area contributed by atoms with E-state index in [0.29, 0.717) is 0 Å². The lowest BCUT2D eigenvalue weighted by Crippen LogP contribution is -1.96. The molecule has 0 saturated carbocycles. The summed E-state index contributed by atoms with van der Waals surface area (Å²) in [6.07, 6.45) is 0. The number of hydrogen-bond acceptors (Lipinski definition) is 1. The lowest BCUT2D eigenvalue weighted by atomic mass is 10.3. The molecular formula is C12H4Br2F4O. The van der Waals surface area contributed by atoms with E-state index >= 15 is 0 Å². The zero-order valence-electron chi connectivity index (χ0n) is 8.99. The Balaban J connectivity index is 2.43. The maximum Gasteiger partial charge on any atom is 0.202 e. The average Bonchev–Trinajstić information content (AvgIpc) is 2.39. The van der Waals surface area contributed by atoms with Crippen LogP contribution in [0.3, 0.4) is 0 Å². The molecule has 1 nitrogen and oxygen atoms in total. The molecule has 0 spiro atoms. The van der Waals surface area contributed by atoms with Crippen LogP contribution >= 0.6 is 31.9 Å². The van der Waals surface area contributed by atoms with Gasteiger partial charge in [-0.05, 0) is 56.1 Å². The number of hydrogen-bond donors (Lipinski definition) is 0. The Morgan fingerprint density at radius 2 is 1.00 bits per heavy atom. The Labute approximate surface area is 122 Å². The first-order valence-electron chi connectivity index (χ1n) is 4.86. The summed E-state index contributed by atoms with van der Waals surface area (Å²) in [6, 6.07) is 4.59. The van der Waals surface area contributed by atoms with Crippen LogP contribution < -0.4 is 4.74 Å².